The summed E-state index contributed by atoms with van der Waals surface area (Å²) in [4.78, 5) is 0. The van der Waals surface area contributed by atoms with Crippen LogP contribution in [0.3, 0.4) is 0 Å². The molecule has 0 aliphatic heterocycles. The van der Waals surface area contributed by atoms with Gasteiger partial charge in [0.15, 0.2) is 0 Å². The number of hydrogen-bond acceptors (Lipinski definition) is 2. The molecule has 2 N–H and O–H groups in total. The Kier molecular flexibility index (Phi) is 4.09. The molecule has 0 spiro atoms. The molecule has 4 rings (SSSR count). The molecule has 122 valence electrons. The van der Waals surface area contributed by atoms with Gasteiger partial charge in [-0.25, -0.2) is 0 Å². The number of nitrogen functional groups attached to an aromatic ring is 1. The first-order valence-electron chi connectivity index (χ1n) is 8.35. The molecule has 25 heavy (non-hydrogen) atoms. The molecular weight excluding hydrogens is 306 g/mol. The summed E-state index contributed by atoms with van der Waals surface area (Å²) in [5.41, 5.74) is 10.0. The van der Waals surface area contributed by atoms with E-state index in [2.05, 4.69) is 42.5 Å². The minimum atomic E-state index is 0.558. The van der Waals surface area contributed by atoms with Gasteiger partial charge in [-0.3, -0.25) is 0 Å². The van der Waals surface area contributed by atoms with E-state index >= 15 is 0 Å². The van der Waals surface area contributed by atoms with Crippen molar-refractivity contribution in [2.75, 3.05) is 5.73 Å². The van der Waals surface area contributed by atoms with E-state index in [9.17, 15) is 0 Å². The number of para-hydroxylation sites is 1. The molecule has 0 saturated carbocycles. The Morgan fingerprint density at radius 1 is 0.680 bits per heavy atom. The lowest BCUT2D eigenvalue weighted by molar-refractivity contribution is 0.307. The molecule has 0 aliphatic rings. The van der Waals surface area contributed by atoms with E-state index in [4.69, 9.17) is 10.5 Å². The van der Waals surface area contributed by atoms with Gasteiger partial charge in [-0.2, -0.15) is 0 Å². The van der Waals surface area contributed by atoms with Gasteiger partial charge in [0, 0.05) is 11.3 Å². The van der Waals surface area contributed by atoms with E-state index < -0.39 is 0 Å². The fraction of sp³-hybridized carbons (Fsp3) is 0.0435. The van der Waals surface area contributed by atoms with Crippen molar-refractivity contribution in [1.29, 1.82) is 0 Å². The molecule has 2 heteroatoms. The Labute approximate surface area is 147 Å². The Bertz CT molecular complexity index is 1010. The van der Waals surface area contributed by atoms with Crippen LogP contribution in [0.5, 0.6) is 5.75 Å². The molecule has 0 radical (unpaired) electrons. The molecule has 4 aromatic carbocycles. The standard InChI is InChI=1S/C23H19NO/c24-21-13-12-18-14-20(11-10-19(18)15-21)22-8-4-5-9-23(22)25-16-17-6-2-1-3-7-17/h1-15H,16,24H2. The van der Waals surface area contributed by atoms with Crippen LogP contribution in [0.1, 0.15) is 5.56 Å². The monoisotopic (exact) mass is 325 g/mol. The van der Waals surface area contributed by atoms with Gasteiger partial charge in [0.2, 0.25) is 0 Å². The summed E-state index contributed by atoms with van der Waals surface area (Å²) in [6, 6.07) is 30.8. The van der Waals surface area contributed by atoms with Crippen LogP contribution in [0.2, 0.25) is 0 Å². The van der Waals surface area contributed by atoms with Crippen molar-refractivity contribution >= 4 is 16.5 Å². The highest BCUT2D eigenvalue weighted by Crippen LogP contribution is 2.32. The molecule has 0 bridgehead atoms. The Morgan fingerprint density at radius 2 is 1.40 bits per heavy atom. The molecule has 0 unspecified atom stereocenters. The third kappa shape index (κ3) is 3.33. The van der Waals surface area contributed by atoms with Crippen molar-refractivity contribution in [3.8, 4) is 16.9 Å². The summed E-state index contributed by atoms with van der Waals surface area (Å²) in [6.07, 6.45) is 0. The number of anilines is 1. The molecule has 0 aromatic heterocycles. The van der Waals surface area contributed by atoms with Crippen LogP contribution in [-0.2, 0) is 6.61 Å². The van der Waals surface area contributed by atoms with Crippen LogP contribution in [0, 0.1) is 0 Å². The first-order chi connectivity index (χ1) is 12.3. The number of hydrogen-bond donors (Lipinski definition) is 1. The third-order valence-corrected chi connectivity index (χ3v) is 4.30. The highest BCUT2D eigenvalue weighted by molar-refractivity contribution is 5.90. The van der Waals surface area contributed by atoms with Crippen LogP contribution < -0.4 is 10.5 Å². The zero-order valence-corrected chi connectivity index (χ0v) is 13.9. The van der Waals surface area contributed by atoms with Gasteiger partial charge in [0.25, 0.3) is 0 Å². The number of fused-ring (bicyclic) bond motifs is 1. The maximum absolute atomic E-state index is 6.09. The minimum absolute atomic E-state index is 0.558. The quantitative estimate of drug-likeness (QED) is 0.491. The largest absolute Gasteiger partial charge is 0.488 e. The van der Waals surface area contributed by atoms with E-state index in [-0.39, 0.29) is 0 Å². The lowest BCUT2D eigenvalue weighted by Gasteiger charge is -2.12. The second kappa shape index (κ2) is 6.70. The number of benzene rings is 4. The van der Waals surface area contributed by atoms with Gasteiger partial charge >= 0.3 is 0 Å². The molecule has 4 aromatic rings. The van der Waals surface area contributed by atoms with E-state index in [1.165, 1.54) is 5.39 Å². The van der Waals surface area contributed by atoms with Crippen molar-refractivity contribution in [3.63, 3.8) is 0 Å². The van der Waals surface area contributed by atoms with Gasteiger partial charge in [0.1, 0.15) is 12.4 Å². The van der Waals surface area contributed by atoms with Crippen LogP contribution in [0.25, 0.3) is 21.9 Å². The highest BCUT2D eigenvalue weighted by Gasteiger charge is 2.07. The highest BCUT2D eigenvalue weighted by atomic mass is 16.5. The summed E-state index contributed by atoms with van der Waals surface area (Å²) < 4.78 is 6.09. The number of nitrogens with two attached hydrogens (primary N) is 1. The maximum atomic E-state index is 6.09. The zero-order valence-electron chi connectivity index (χ0n) is 13.9. The van der Waals surface area contributed by atoms with Crippen molar-refractivity contribution in [2.45, 2.75) is 6.61 Å². The molecular formula is C23H19NO. The molecule has 0 amide bonds. The topological polar surface area (TPSA) is 35.2 Å². The predicted octanol–water partition coefficient (Wildman–Crippen LogP) is 5.67. The molecule has 0 heterocycles. The van der Waals surface area contributed by atoms with E-state index in [1.807, 2.05) is 48.5 Å². The second-order valence-corrected chi connectivity index (χ2v) is 6.09. The van der Waals surface area contributed by atoms with Gasteiger partial charge in [-0.05, 0) is 46.2 Å². The molecule has 0 saturated heterocycles. The van der Waals surface area contributed by atoms with Crippen molar-refractivity contribution < 1.29 is 4.74 Å². The second-order valence-electron chi connectivity index (χ2n) is 6.09. The van der Waals surface area contributed by atoms with Gasteiger partial charge in [0.05, 0.1) is 0 Å². The zero-order chi connectivity index (χ0) is 17.1. The SMILES string of the molecule is Nc1ccc2cc(-c3ccccc3OCc3ccccc3)ccc2c1. The van der Waals surface area contributed by atoms with Gasteiger partial charge in [-0.1, -0.05) is 66.7 Å². The normalized spacial score (nSPS) is 10.7. The molecule has 0 aliphatic carbocycles. The average Bonchev–Trinajstić information content (AvgIpc) is 2.67. The predicted molar refractivity (Wildman–Crippen MR) is 105 cm³/mol. The van der Waals surface area contributed by atoms with Crippen molar-refractivity contribution in [1.82, 2.24) is 0 Å². The van der Waals surface area contributed by atoms with Crippen LogP contribution in [0.15, 0.2) is 91.0 Å². The van der Waals surface area contributed by atoms with Gasteiger partial charge in [-0.15, -0.1) is 0 Å². The first-order valence-corrected chi connectivity index (χ1v) is 8.35. The van der Waals surface area contributed by atoms with Crippen molar-refractivity contribution in [3.05, 3.63) is 96.6 Å². The Hall–Kier alpha value is -3.26. The fourth-order valence-corrected chi connectivity index (χ4v) is 3.00. The maximum Gasteiger partial charge on any atom is 0.127 e. The van der Waals surface area contributed by atoms with Crippen LogP contribution in [0.4, 0.5) is 5.69 Å². The number of ether oxygens (including phenoxy) is 1. The average molecular weight is 325 g/mol. The smallest absolute Gasteiger partial charge is 0.127 e. The molecule has 0 fully saturated rings. The van der Waals surface area contributed by atoms with Crippen LogP contribution in [-0.4, -0.2) is 0 Å². The first kappa shape index (κ1) is 15.3. The van der Waals surface area contributed by atoms with E-state index in [0.29, 0.717) is 6.61 Å². The Morgan fingerprint density at radius 3 is 2.28 bits per heavy atom. The minimum Gasteiger partial charge on any atom is -0.488 e. The summed E-state index contributed by atoms with van der Waals surface area (Å²) >= 11 is 0. The third-order valence-electron chi connectivity index (χ3n) is 4.30. The van der Waals surface area contributed by atoms with E-state index in [0.717, 1.165) is 33.5 Å². The summed E-state index contributed by atoms with van der Waals surface area (Å²) in [5, 5.41) is 2.32. The molecule has 2 nitrogen and oxygen atoms in total. The summed E-state index contributed by atoms with van der Waals surface area (Å²) in [5.74, 6) is 0.890. The van der Waals surface area contributed by atoms with E-state index in [1.54, 1.807) is 0 Å². The van der Waals surface area contributed by atoms with Gasteiger partial charge < -0.3 is 10.5 Å². The van der Waals surface area contributed by atoms with Crippen LogP contribution >= 0.6 is 0 Å². The number of rotatable bonds is 4. The Balaban J connectivity index is 1.67. The summed E-state index contributed by atoms with van der Waals surface area (Å²) in [6.45, 7) is 0.558. The molecule has 0 atom stereocenters. The van der Waals surface area contributed by atoms with Crippen molar-refractivity contribution in [2.24, 2.45) is 0 Å². The lowest BCUT2D eigenvalue weighted by Crippen LogP contribution is -1.96. The summed E-state index contributed by atoms with van der Waals surface area (Å²) in [7, 11) is 0. The lowest BCUT2D eigenvalue weighted by atomic mass is 10.0. The fourth-order valence-electron chi connectivity index (χ4n) is 3.00.